The Balaban J connectivity index is 0.713. The predicted molar refractivity (Wildman–Crippen MR) is 232 cm³/mol. The molecule has 63 heavy (non-hydrogen) atoms. The van der Waals surface area contributed by atoms with Crippen molar-refractivity contribution in [3.05, 3.63) is 87.5 Å². The summed E-state index contributed by atoms with van der Waals surface area (Å²) >= 11 is 12.5. The minimum absolute atomic E-state index is 0.0258. The molecule has 0 bridgehead atoms. The lowest BCUT2D eigenvalue weighted by molar-refractivity contribution is -0.142. The molecule has 2 aromatic heterocycles. The first kappa shape index (κ1) is 44.0. The van der Waals surface area contributed by atoms with E-state index < -0.39 is 41.6 Å². The minimum atomic E-state index is -1.02. The third kappa shape index (κ3) is 9.39. The number of amides is 5. The number of nitrogens with two attached hydrogens (primary N) is 1. The average molecular weight is 904 g/mol. The number of hydrogen-bond acceptors (Lipinski definition) is 11. The highest BCUT2D eigenvalue weighted by atomic mass is 35.5. The lowest BCUT2D eigenvalue weighted by Gasteiger charge is -2.42. The highest BCUT2D eigenvalue weighted by molar-refractivity contribution is 6.36. The third-order valence-electron chi connectivity index (χ3n) is 12.4. The number of unbranched alkanes of at least 4 members (excludes halogenated alkanes) is 4. The monoisotopic (exact) mass is 902 g/mol. The molecule has 0 aliphatic carbocycles. The molecule has 8 rings (SSSR count). The molecule has 4 aromatic rings. The van der Waals surface area contributed by atoms with Gasteiger partial charge >= 0.3 is 0 Å². The predicted octanol–water partition coefficient (Wildman–Crippen LogP) is 6.64. The minimum Gasteiger partial charge on any atom is -0.493 e. The summed E-state index contributed by atoms with van der Waals surface area (Å²) in [4.78, 5) is 73.3. The van der Waals surface area contributed by atoms with Gasteiger partial charge in [0.15, 0.2) is 11.6 Å². The fraction of sp³-hybridized carbons (Fsp3) is 0.444. The molecule has 15 nitrogen and oxygen atoms in total. The number of ether oxygens (including phenoxy) is 2. The number of hydrogen-bond donors (Lipinski definition) is 2. The van der Waals surface area contributed by atoms with Crippen molar-refractivity contribution in [1.29, 1.82) is 0 Å². The summed E-state index contributed by atoms with van der Waals surface area (Å²) in [6, 6.07) is 8.40. The molecule has 2 aromatic carbocycles. The van der Waals surface area contributed by atoms with Crippen LogP contribution in [0.15, 0.2) is 55.0 Å². The van der Waals surface area contributed by atoms with E-state index >= 15 is 0 Å². The average Bonchev–Trinajstić information content (AvgIpc) is 3.85. The first-order valence-corrected chi connectivity index (χ1v) is 22.2. The number of nitrogen functional groups attached to an aromatic ring is 1. The van der Waals surface area contributed by atoms with E-state index in [1.165, 1.54) is 12.1 Å². The van der Waals surface area contributed by atoms with Crippen molar-refractivity contribution >= 4 is 58.6 Å². The number of aromatic nitrogens is 3. The molecule has 0 spiro atoms. The number of nitrogens with zero attached hydrogens (tertiary/aromatic N) is 6. The van der Waals surface area contributed by atoms with Gasteiger partial charge in [-0.3, -0.25) is 38.9 Å². The number of halogens is 3. The summed E-state index contributed by atoms with van der Waals surface area (Å²) in [6.45, 7) is 5.95. The van der Waals surface area contributed by atoms with Crippen molar-refractivity contribution in [3.8, 4) is 22.6 Å². The number of carbonyl (C=O) groups is 5. The Kier molecular flexibility index (Phi) is 13.3. The van der Waals surface area contributed by atoms with Gasteiger partial charge in [0.1, 0.15) is 23.7 Å². The van der Waals surface area contributed by atoms with E-state index in [4.69, 9.17) is 38.4 Å². The molecular weight excluding hydrogens is 854 g/mol. The molecule has 4 aliphatic rings. The summed E-state index contributed by atoms with van der Waals surface area (Å²) < 4.78 is 28.1. The van der Waals surface area contributed by atoms with E-state index in [2.05, 4.69) is 20.3 Å². The van der Waals surface area contributed by atoms with Crippen molar-refractivity contribution < 1.29 is 37.8 Å². The smallest absolute Gasteiger partial charge is 0.266 e. The van der Waals surface area contributed by atoms with Crippen LogP contribution in [0.25, 0.3) is 11.1 Å². The second kappa shape index (κ2) is 19.0. The fourth-order valence-corrected chi connectivity index (χ4v) is 9.51. The number of likely N-dealkylation sites (tertiary alicyclic amines) is 2. The maximum Gasteiger partial charge on any atom is 0.266 e. The number of piperidine rings is 2. The summed E-state index contributed by atoms with van der Waals surface area (Å²) in [7, 11) is 0. The van der Waals surface area contributed by atoms with Crippen molar-refractivity contribution in [2.24, 2.45) is 5.92 Å². The van der Waals surface area contributed by atoms with Gasteiger partial charge in [0.05, 0.1) is 40.9 Å². The Bertz CT molecular complexity index is 2420. The van der Waals surface area contributed by atoms with E-state index in [9.17, 15) is 28.4 Å². The second-order valence-corrected chi connectivity index (χ2v) is 17.4. The quantitative estimate of drug-likeness (QED) is 0.0699. The highest BCUT2D eigenvalue weighted by Gasteiger charge is 2.46. The van der Waals surface area contributed by atoms with Gasteiger partial charge in [0.2, 0.25) is 17.7 Å². The molecule has 4 aliphatic heterocycles. The van der Waals surface area contributed by atoms with Crippen molar-refractivity contribution in [2.45, 2.75) is 82.9 Å². The standard InChI is InChI=1S/C45H49Cl2FN8O7/c1-26(38-32(46)10-11-33(48)40(38)47)63-36-20-27(21-50-41(36)49)28-22-51-55(25-28)30-14-17-54(18-15-30)43(59)29-23-53(24-29)16-5-3-2-4-6-19-62-35-9-7-8-31-39(35)45(61)56(44(31)60)34-12-13-37(57)52-42(34)58/h7-11,20-22,25-26,29-30,34H,2-6,12-19,23-24H2,1H3,(H2,49,50)(H,52,57,58). The van der Waals surface area contributed by atoms with Crippen LogP contribution in [-0.4, -0.2) is 104 Å². The Morgan fingerprint density at radius 1 is 0.952 bits per heavy atom. The summed E-state index contributed by atoms with van der Waals surface area (Å²) in [5.74, 6) is -1.74. The number of fused-ring (bicyclic) bond motifs is 1. The van der Waals surface area contributed by atoms with E-state index in [1.807, 2.05) is 15.8 Å². The van der Waals surface area contributed by atoms with Gasteiger partial charge in [-0.25, -0.2) is 9.37 Å². The van der Waals surface area contributed by atoms with Crippen LogP contribution < -0.4 is 20.5 Å². The second-order valence-electron chi connectivity index (χ2n) is 16.6. The molecule has 3 N–H and O–H groups in total. The molecule has 3 saturated heterocycles. The molecule has 0 saturated carbocycles. The van der Waals surface area contributed by atoms with Crippen LogP contribution in [0.1, 0.15) is 103 Å². The lowest BCUT2D eigenvalue weighted by Crippen LogP contribution is -2.55. The van der Waals surface area contributed by atoms with Gasteiger partial charge in [-0.1, -0.05) is 48.5 Å². The highest BCUT2D eigenvalue weighted by Crippen LogP contribution is 2.38. The summed E-state index contributed by atoms with van der Waals surface area (Å²) in [6.07, 6.45) is 11.3. The van der Waals surface area contributed by atoms with E-state index in [-0.39, 0.29) is 57.7 Å². The van der Waals surface area contributed by atoms with Crippen LogP contribution in [-0.2, 0) is 14.4 Å². The number of anilines is 1. The summed E-state index contributed by atoms with van der Waals surface area (Å²) in [5, 5.41) is 7.02. The van der Waals surface area contributed by atoms with Gasteiger partial charge in [0, 0.05) is 66.7 Å². The molecule has 2 unspecified atom stereocenters. The maximum absolute atomic E-state index is 14.2. The zero-order valence-electron chi connectivity index (χ0n) is 34.9. The van der Waals surface area contributed by atoms with E-state index in [1.54, 1.807) is 43.6 Å². The topological polar surface area (TPSA) is 182 Å². The first-order valence-electron chi connectivity index (χ1n) is 21.5. The van der Waals surface area contributed by atoms with Crippen LogP contribution in [0.4, 0.5) is 10.2 Å². The normalized spacial score (nSPS) is 19.0. The van der Waals surface area contributed by atoms with Crippen LogP contribution >= 0.6 is 23.2 Å². The maximum atomic E-state index is 14.2. The van der Waals surface area contributed by atoms with E-state index in [0.29, 0.717) is 36.8 Å². The van der Waals surface area contributed by atoms with Crippen LogP contribution in [0.5, 0.6) is 11.5 Å². The van der Waals surface area contributed by atoms with Crippen LogP contribution in [0.3, 0.4) is 0 Å². The number of pyridine rings is 1. The SMILES string of the molecule is CC(Oc1cc(-c2cnn(C3CCN(C(=O)C4CN(CCCCCCCOc5cccc6c5C(=O)N(C5CCC(=O)NC5=O)C6=O)C4)CC3)c2)cnc1N)c1c(Cl)ccc(F)c1Cl. The first-order chi connectivity index (χ1) is 30.4. The molecule has 3 fully saturated rings. The number of imide groups is 2. The Labute approximate surface area is 374 Å². The molecule has 18 heteroatoms. The van der Waals surface area contributed by atoms with Gasteiger partial charge in [-0.2, -0.15) is 5.10 Å². The van der Waals surface area contributed by atoms with Crippen molar-refractivity contribution in [3.63, 3.8) is 0 Å². The number of rotatable bonds is 16. The Morgan fingerprint density at radius 2 is 1.71 bits per heavy atom. The third-order valence-corrected chi connectivity index (χ3v) is 13.1. The van der Waals surface area contributed by atoms with Crippen LogP contribution in [0.2, 0.25) is 10.0 Å². The zero-order chi connectivity index (χ0) is 44.4. The number of benzene rings is 2. The molecule has 5 amide bonds. The molecule has 6 heterocycles. The van der Waals surface area contributed by atoms with Gasteiger partial charge in [0.25, 0.3) is 11.8 Å². The number of nitrogens with one attached hydrogen (secondary N) is 1. The lowest BCUT2D eigenvalue weighted by atomic mass is 9.95. The molecule has 332 valence electrons. The Morgan fingerprint density at radius 3 is 2.49 bits per heavy atom. The molecule has 2 atom stereocenters. The van der Waals surface area contributed by atoms with Crippen molar-refractivity contribution in [2.75, 3.05) is 45.1 Å². The Hall–Kier alpha value is -5.58. The largest absolute Gasteiger partial charge is 0.493 e. The van der Waals surface area contributed by atoms with E-state index in [0.717, 1.165) is 80.6 Å². The molecular formula is C45H49Cl2FN8O7. The van der Waals surface area contributed by atoms with Gasteiger partial charge in [-0.15, -0.1) is 0 Å². The zero-order valence-corrected chi connectivity index (χ0v) is 36.4. The fourth-order valence-electron chi connectivity index (χ4n) is 8.83. The van der Waals surface area contributed by atoms with Crippen molar-refractivity contribution in [1.82, 2.24) is 34.8 Å². The van der Waals surface area contributed by atoms with Gasteiger partial charge < -0.3 is 25.0 Å². The summed E-state index contributed by atoms with van der Waals surface area (Å²) in [5.41, 5.74) is 8.40. The van der Waals surface area contributed by atoms with Gasteiger partial charge in [-0.05, 0) is 75.9 Å². The van der Waals surface area contributed by atoms with Crippen LogP contribution in [0, 0.1) is 11.7 Å². The number of carbonyl (C=O) groups excluding carboxylic acids is 5. The molecule has 0 radical (unpaired) electrons.